The van der Waals surface area contributed by atoms with Gasteiger partial charge in [0.2, 0.25) is 0 Å². The van der Waals surface area contributed by atoms with Gasteiger partial charge in [0.15, 0.2) is 0 Å². The van der Waals surface area contributed by atoms with Gasteiger partial charge in [-0.2, -0.15) is 5.26 Å². The Kier molecular flexibility index (Phi) is 3.36. The summed E-state index contributed by atoms with van der Waals surface area (Å²) in [7, 11) is 0. The molecule has 1 aromatic carbocycles. The summed E-state index contributed by atoms with van der Waals surface area (Å²) in [6.07, 6.45) is 4.16. The van der Waals surface area contributed by atoms with E-state index < -0.39 is 5.82 Å². The first-order valence-corrected chi connectivity index (χ1v) is 5.21. The first-order valence-electron chi connectivity index (χ1n) is 5.21. The number of hydrogen-bond acceptors (Lipinski definition) is 3. The van der Waals surface area contributed by atoms with Crippen LogP contribution in [0.3, 0.4) is 0 Å². The fourth-order valence-corrected chi connectivity index (χ4v) is 1.51. The lowest BCUT2D eigenvalue weighted by Crippen LogP contribution is -2.07. The van der Waals surface area contributed by atoms with Gasteiger partial charge in [-0.05, 0) is 18.2 Å². The molecule has 0 saturated carbocycles. The van der Waals surface area contributed by atoms with Gasteiger partial charge in [-0.15, -0.1) is 0 Å². The van der Waals surface area contributed by atoms with E-state index in [1.165, 1.54) is 12.1 Å². The number of hydrogen-bond donors (Lipinski definition) is 2. The Balaban J connectivity index is 1.97. The largest absolute Gasteiger partial charge is 0.384 e. The van der Waals surface area contributed by atoms with Crippen LogP contribution in [0.15, 0.2) is 30.6 Å². The number of aromatic amines is 1. The molecule has 4 nitrogen and oxygen atoms in total. The third kappa shape index (κ3) is 2.82. The fraction of sp³-hybridized carbons (Fsp3) is 0.167. The Labute approximate surface area is 98.1 Å². The number of anilines is 1. The normalized spacial score (nSPS) is 9.88. The van der Waals surface area contributed by atoms with Gasteiger partial charge in [0.25, 0.3) is 0 Å². The highest BCUT2D eigenvalue weighted by Gasteiger charge is 2.03. The van der Waals surface area contributed by atoms with Gasteiger partial charge >= 0.3 is 0 Å². The number of benzene rings is 1. The number of nitriles is 1. The molecule has 0 aliphatic heterocycles. The molecule has 2 aromatic rings. The molecule has 86 valence electrons. The van der Waals surface area contributed by atoms with Crippen molar-refractivity contribution in [2.45, 2.75) is 6.42 Å². The van der Waals surface area contributed by atoms with E-state index in [0.717, 1.165) is 12.2 Å². The molecule has 1 heterocycles. The molecule has 0 aliphatic carbocycles. The second-order valence-corrected chi connectivity index (χ2v) is 3.51. The van der Waals surface area contributed by atoms with Crippen molar-refractivity contribution >= 4 is 5.69 Å². The van der Waals surface area contributed by atoms with Crippen molar-refractivity contribution in [2.75, 3.05) is 11.9 Å². The summed E-state index contributed by atoms with van der Waals surface area (Å²) < 4.78 is 12.9. The summed E-state index contributed by atoms with van der Waals surface area (Å²) in [6, 6.07) is 6.07. The molecular weight excluding hydrogens is 219 g/mol. The van der Waals surface area contributed by atoms with Crippen molar-refractivity contribution in [1.82, 2.24) is 9.97 Å². The highest BCUT2D eigenvalue weighted by molar-refractivity contribution is 5.57. The van der Waals surface area contributed by atoms with Crippen LogP contribution in [0, 0.1) is 17.1 Å². The van der Waals surface area contributed by atoms with E-state index in [2.05, 4.69) is 15.3 Å². The van der Waals surface area contributed by atoms with Crippen molar-refractivity contribution < 1.29 is 4.39 Å². The fourth-order valence-electron chi connectivity index (χ4n) is 1.51. The molecule has 0 saturated heterocycles. The smallest absolute Gasteiger partial charge is 0.124 e. The number of nitrogens with zero attached hydrogens (tertiary/aromatic N) is 2. The quantitative estimate of drug-likeness (QED) is 0.845. The highest BCUT2D eigenvalue weighted by Crippen LogP contribution is 2.15. The highest BCUT2D eigenvalue weighted by atomic mass is 19.1. The molecular formula is C12H11FN4. The van der Waals surface area contributed by atoms with Crippen molar-refractivity contribution in [3.05, 3.63) is 47.8 Å². The topological polar surface area (TPSA) is 64.5 Å². The van der Waals surface area contributed by atoms with Crippen LogP contribution in [-0.4, -0.2) is 16.5 Å². The van der Waals surface area contributed by atoms with Crippen LogP contribution < -0.4 is 5.32 Å². The molecule has 1 aromatic heterocycles. The van der Waals surface area contributed by atoms with E-state index in [4.69, 9.17) is 5.26 Å². The molecule has 2 N–H and O–H groups in total. The molecule has 5 heteroatoms. The summed E-state index contributed by atoms with van der Waals surface area (Å²) in [5.74, 6) is 0.469. The van der Waals surface area contributed by atoms with Crippen LogP contribution in [0.25, 0.3) is 0 Å². The summed E-state index contributed by atoms with van der Waals surface area (Å²) in [5.41, 5.74) is 0.949. The van der Waals surface area contributed by atoms with Gasteiger partial charge in [0.1, 0.15) is 17.7 Å². The molecule has 0 bridgehead atoms. The maximum absolute atomic E-state index is 12.9. The molecule has 0 spiro atoms. The monoisotopic (exact) mass is 230 g/mol. The van der Waals surface area contributed by atoms with E-state index in [9.17, 15) is 4.39 Å². The number of halogens is 1. The average Bonchev–Trinajstić information content (AvgIpc) is 2.84. The summed E-state index contributed by atoms with van der Waals surface area (Å²) >= 11 is 0. The van der Waals surface area contributed by atoms with Crippen LogP contribution >= 0.6 is 0 Å². The minimum absolute atomic E-state index is 0.310. The zero-order valence-electron chi connectivity index (χ0n) is 9.07. The van der Waals surface area contributed by atoms with E-state index >= 15 is 0 Å². The second kappa shape index (κ2) is 5.12. The minimum Gasteiger partial charge on any atom is -0.384 e. The van der Waals surface area contributed by atoms with Crippen LogP contribution in [-0.2, 0) is 6.42 Å². The lowest BCUT2D eigenvalue weighted by Gasteiger charge is -2.06. The van der Waals surface area contributed by atoms with E-state index in [0.29, 0.717) is 17.8 Å². The van der Waals surface area contributed by atoms with Gasteiger partial charge < -0.3 is 10.3 Å². The third-order valence-corrected chi connectivity index (χ3v) is 2.33. The van der Waals surface area contributed by atoms with Crippen LogP contribution in [0.5, 0.6) is 0 Å². The van der Waals surface area contributed by atoms with E-state index in [1.807, 2.05) is 6.07 Å². The van der Waals surface area contributed by atoms with E-state index in [1.54, 1.807) is 18.5 Å². The summed E-state index contributed by atoms with van der Waals surface area (Å²) in [5, 5.41) is 11.9. The Morgan fingerprint density at radius 1 is 1.47 bits per heavy atom. The molecule has 0 fully saturated rings. The van der Waals surface area contributed by atoms with Gasteiger partial charge in [-0.25, -0.2) is 9.37 Å². The number of H-pyrrole nitrogens is 1. The van der Waals surface area contributed by atoms with Crippen molar-refractivity contribution in [3.63, 3.8) is 0 Å². The van der Waals surface area contributed by atoms with Crippen LogP contribution in [0.2, 0.25) is 0 Å². The molecule has 0 amide bonds. The summed E-state index contributed by atoms with van der Waals surface area (Å²) in [4.78, 5) is 7.07. The van der Waals surface area contributed by atoms with Gasteiger partial charge in [-0.1, -0.05) is 0 Å². The maximum Gasteiger partial charge on any atom is 0.124 e. The molecule has 0 unspecified atom stereocenters. The zero-order valence-corrected chi connectivity index (χ0v) is 9.07. The standard InChI is InChI=1S/C12H11FN4/c13-10-1-2-11(9(7-10)8-14)15-4-3-12-16-5-6-17-12/h1-2,5-7,15H,3-4H2,(H,16,17). The van der Waals surface area contributed by atoms with Gasteiger partial charge in [-0.3, -0.25) is 0 Å². The Morgan fingerprint density at radius 2 is 2.35 bits per heavy atom. The number of aromatic nitrogens is 2. The predicted octanol–water partition coefficient (Wildman–Crippen LogP) is 2.08. The van der Waals surface area contributed by atoms with Crippen molar-refractivity contribution in [1.29, 1.82) is 5.26 Å². The SMILES string of the molecule is N#Cc1cc(F)ccc1NCCc1ncc[nH]1. The Hall–Kier alpha value is -2.35. The predicted molar refractivity (Wildman–Crippen MR) is 61.9 cm³/mol. The zero-order chi connectivity index (χ0) is 12.1. The Bertz CT molecular complexity index is 528. The first-order chi connectivity index (χ1) is 8.29. The number of nitrogens with one attached hydrogen (secondary N) is 2. The van der Waals surface area contributed by atoms with E-state index in [-0.39, 0.29) is 0 Å². The lowest BCUT2D eigenvalue weighted by atomic mass is 10.2. The second-order valence-electron chi connectivity index (χ2n) is 3.51. The average molecular weight is 230 g/mol. The van der Waals surface area contributed by atoms with Crippen molar-refractivity contribution in [2.24, 2.45) is 0 Å². The molecule has 0 atom stereocenters. The molecule has 0 aliphatic rings. The molecule has 17 heavy (non-hydrogen) atoms. The number of rotatable bonds is 4. The van der Waals surface area contributed by atoms with Crippen molar-refractivity contribution in [3.8, 4) is 6.07 Å². The third-order valence-electron chi connectivity index (χ3n) is 2.33. The maximum atomic E-state index is 12.9. The molecule has 2 rings (SSSR count). The summed E-state index contributed by atoms with van der Waals surface area (Å²) in [6.45, 7) is 0.633. The first kappa shape index (κ1) is 11.1. The van der Waals surface area contributed by atoms with Crippen LogP contribution in [0.4, 0.5) is 10.1 Å². The lowest BCUT2D eigenvalue weighted by molar-refractivity contribution is 0.627. The van der Waals surface area contributed by atoms with Crippen LogP contribution in [0.1, 0.15) is 11.4 Å². The van der Waals surface area contributed by atoms with Gasteiger partial charge in [0.05, 0.1) is 11.3 Å². The van der Waals surface area contributed by atoms with Gasteiger partial charge in [0, 0.05) is 25.4 Å². The number of imidazole rings is 1. The Morgan fingerprint density at radius 3 is 3.06 bits per heavy atom. The molecule has 0 radical (unpaired) electrons. The minimum atomic E-state index is -0.405.